The molecule has 1 aliphatic carbocycles. The molecule has 0 amide bonds. The van der Waals surface area contributed by atoms with E-state index in [0.717, 1.165) is 0 Å². The highest BCUT2D eigenvalue weighted by Gasteiger charge is 2.53. The number of aliphatic hydroxyl groups excluding tert-OH is 7. The summed E-state index contributed by atoms with van der Waals surface area (Å²) in [5.74, 6) is -0.180. The van der Waals surface area contributed by atoms with Crippen molar-refractivity contribution in [2.24, 2.45) is 22.9 Å². The van der Waals surface area contributed by atoms with Crippen molar-refractivity contribution in [2.45, 2.75) is 123 Å². The zero-order valence-electron chi connectivity index (χ0n) is 28.9. The molecule has 0 spiro atoms. The number of nitrogens with zero attached hydrogens (tertiary/aromatic N) is 3. The number of nitrogens with two attached hydrogens (primary N) is 5. The van der Waals surface area contributed by atoms with Gasteiger partial charge in [0.25, 0.3) is 5.56 Å². The summed E-state index contributed by atoms with van der Waals surface area (Å²) >= 11 is 0. The molecule has 1 unspecified atom stereocenters. The summed E-state index contributed by atoms with van der Waals surface area (Å²) in [4.78, 5) is 33.1. The van der Waals surface area contributed by atoms with Crippen LogP contribution in [-0.2, 0) is 37.3 Å². The highest BCUT2D eigenvalue weighted by Crippen LogP contribution is 2.48. The minimum atomic E-state index is -5.11. The van der Waals surface area contributed by atoms with Gasteiger partial charge >= 0.3 is 7.82 Å². The minimum Gasteiger partial charge on any atom is -0.394 e. The minimum absolute atomic E-state index is 0.0334. The molecule has 2 aromatic rings. The van der Waals surface area contributed by atoms with E-state index < -0.39 is 143 Å². The van der Waals surface area contributed by atoms with Crippen LogP contribution in [0.5, 0.6) is 0 Å². The second kappa shape index (κ2) is 16.8. The predicted molar refractivity (Wildman–Crippen MR) is 180 cm³/mol. The Morgan fingerprint density at radius 1 is 0.873 bits per heavy atom. The Morgan fingerprint density at radius 2 is 1.51 bits per heavy atom. The summed E-state index contributed by atoms with van der Waals surface area (Å²) < 4.78 is 53.2. The summed E-state index contributed by atoms with van der Waals surface area (Å²) in [6, 6.07) is -3.24. The lowest BCUT2D eigenvalue weighted by atomic mass is 9.84. The Kier molecular flexibility index (Phi) is 12.9. The monoisotopic (exact) mass is 813 g/mol. The lowest BCUT2D eigenvalue weighted by molar-refractivity contribution is -0.331. The molecule has 1 saturated carbocycles. The van der Waals surface area contributed by atoms with Gasteiger partial charge in [-0.05, 0) is 6.42 Å². The first-order chi connectivity index (χ1) is 25.9. The number of anilines is 1. The zero-order valence-corrected chi connectivity index (χ0v) is 29.8. The number of fused-ring (bicyclic) bond motifs is 1. The molecule has 19 atom stereocenters. The highest BCUT2D eigenvalue weighted by molar-refractivity contribution is 7.47. The van der Waals surface area contributed by atoms with Gasteiger partial charge in [0.2, 0.25) is 5.95 Å². The van der Waals surface area contributed by atoms with Gasteiger partial charge in [0.1, 0.15) is 73.4 Å². The van der Waals surface area contributed by atoms with Gasteiger partial charge in [-0.25, -0.2) is 9.55 Å². The van der Waals surface area contributed by atoms with E-state index in [1.807, 2.05) is 0 Å². The van der Waals surface area contributed by atoms with E-state index in [-0.39, 0.29) is 30.0 Å². The topological polar surface area (TPSA) is 437 Å². The molecule has 2 aromatic heterocycles. The second-order valence-electron chi connectivity index (χ2n) is 13.8. The second-order valence-corrected chi connectivity index (χ2v) is 15.2. The predicted octanol–water partition coefficient (Wildman–Crippen LogP) is -7.79. The van der Waals surface area contributed by atoms with Crippen molar-refractivity contribution in [1.29, 1.82) is 0 Å². The molecule has 5 heterocycles. The van der Waals surface area contributed by atoms with Gasteiger partial charge in [0.05, 0.1) is 31.7 Å². The van der Waals surface area contributed by atoms with Crippen molar-refractivity contribution >= 4 is 24.9 Å². The van der Waals surface area contributed by atoms with Gasteiger partial charge in [-0.3, -0.25) is 23.4 Å². The van der Waals surface area contributed by atoms with Gasteiger partial charge in [-0.2, -0.15) is 4.98 Å². The molecule has 4 aliphatic rings. The van der Waals surface area contributed by atoms with E-state index in [0.29, 0.717) is 0 Å². The van der Waals surface area contributed by atoms with Gasteiger partial charge in [0, 0.05) is 25.0 Å². The molecule has 3 aliphatic heterocycles. The summed E-state index contributed by atoms with van der Waals surface area (Å²) in [6.07, 6.45) is -21.3. The fraction of sp³-hybridized carbons (Fsp3) is 0.821. The van der Waals surface area contributed by atoms with Crippen molar-refractivity contribution < 1.29 is 77.9 Å². The SMILES string of the molecule is NC[C@H]1O[C@H](O[C@H]2[C@H](O)[C@@H](O[C@H]3O[C@H](CO)[C@@H](O)[C@H](N)[C@H]3O)[C@H](N)C[C@@H]2N)[C@H](O)[C@@H](O)[C@@H]1OP(=O)(O)OC[C@H]1O[C@@H](n2cnc3c(=O)[nH]c(N)nc32)C[C@@H]1O. The van der Waals surface area contributed by atoms with Crippen LogP contribution < -0.4 is 34.2 Å². The number of rotatable bonds is 12. The van der Waals surface area contributed by atoms with E-state index in [4.69, 9.17) is 61.4 Å². The molecule has 55 heavy (non-hydrogen) atoms. The number of ether oxygens (including phenoxy) is 5. The summed E-state index contributed by atoms with van der Waals surface area (Å²) in [7, 11) is -5.11. The smallest absolute Gasteiger partial charge is 0.394 e. The molecule has 4 fully saturated rings. The zero-order chi connectivity index (χ0) is 40.1. The number of hydrogen-bond donors (Lipinski definition) is 14. The number of aromatic amines is 1. The van der Waals surface area contributed by atoms with Gasteiger partial charge < -0.3 is 93.0 Å². The Hall–Kier alpha value is -2.38. The van der Waals surface area contributed by atoms with Crippen LogP contribution in [0, 0.1) is 0 Å². The number of aliphatic hydroxyl groups is 7. The number of phosphoric acid groups is 1. The maximum Gasteiger partial charge on any atom is 0.472 e. The average Bonchev–Trinajstić information content (AvgIpc) is 3.73. The first kappa shape index (κ1) is 42.2. The normalized spacial score (nSPS) is 43.8. The molecule has 3 saturated heterocycles. The number of hydrogen-bond acceptors (Lipinski definition) is 23. The van der Waals surface area contributed by atoms with Crippen LogP contribution in [0.3, 0.4) is 0 Å². The standard InChI is InChI=1S/C28H48N9O17P/c29-3-10-23(54-55(46,47)48-5-12-9(39)2-13(49-12)37-6-34-15-24(37)35-28(33)36-25(15)45)18(42)19(43)27(50-10)53-22-8(31)1-7(30)21(20(22)44)52-26-17(41)14(32)16(40)11(4-38)51-26/h6-14,16-23,26-27,38-44H,1-5,29-32H2,(H,46,47)(H3,33,35,36,45)/t7-,8+,9+,10-,11-,12-,13-,14+,16-,17-,18-,19-,20-,21+,22-,23-,26-,27-/m1/s1. The van der Waals surface area contributed by atoms with Crippen LogP contribution in [0.4, 0.5) is 5.95 Å². The number of aromatic nitrogens is 4. The number of imidazole rings is 1. The number of phosphoric ester groups is 1. The van der Waals surface area contributed by atoms with Crippen LogP contribution in [0.2, 0.25) is 0 Å². The fourth-order valence-electron chi connectivity index (χ4n) is 7.06. The number of nitrogens with one attached hydrogen (secondary N) is 1. The van der Waals surface area contributed by atoms with E-state index in [2.05, 4.69) is 15.0 Å². The highest BCUT2D eigenvalue weighted by atomic mass is 31.2. The third-order valence-electron chi connectivity index (χ3n) is 10.1. The van der Waals surface area contributed by atoms with Crippen molar-refractivity contribution in [3.63, 3.8) is 0 Å². The van der Waals surface area contributed by atoms with Crippen LogP contribution in [0.1, 0.15) is 19.1 Å². The fourth-order valence-corrected chi connectivity index (χ4v) is 8.02. The van der Waals surface area contributed by atoms with Crippen LogP contribution in [0.25, 0.3) is 11.2 Å². The Balaban J connectivity index is 1.06. The molecule has 6 rings (SSSR count). The van der Waals surface area contributed by atoms with Gasteiger partial charge in [-0.1, -0.05) is 0 Å². The number of nitrogen functional groups attached to an aromatic ring is 1. The largest absolute Gasteiger partial charge is 0.472 e. The molecule has 0 aromatic carbocycles. The lowest BCUT2D eigenvalue weighted by Gasteiger charge is -2.48. The third-order valence-corrected chi connectivity index (χ3v) is 11.1. The molecular formula is C28H48N9O17P. The Morgan fingerprint density at radius 3 is 2.15 bits per heavy atom. The average molecular weight is 814 g/mol. The van der Waals surface area contributed by atoms with Crippen molar-refractivity contribution in [1.82, 2.24) is 19.5 Å². The molecule has 19 N–H and O–H groups in total. The van der Waals surface area contributed by atoms with Crippen molar-refractivity contribution in [2.75, 3.05) is 25.5 Å². The van der Waals surface area contributed by atoms with Gasteiger partial charge in [-0.15, -0.1) is 0 Å². The molecule has 0 bridgehead atoms. The van der Waals surface area contributed by atoms with Crippen LogP contribution in [0.15, 0.2) is 11.1 Å². The molecular weight excluding hydrogens is 765 g/mol. The summed E-state index contributed by atoms with van der Waals surface area (Å²) in [6.45, 7) is -1.81. The Bertz CT molecular complexity index is 1720. The van der Waals surface area contributed by atoms with Crippen molar-refractivity contribution in [3.8, 4) is 0 Å². The first-order valence-corrected chi connectivity index (χ1v) is 18.8. The van der Waals surface area contributed by atoms with Crippen molar-refractivity contribution in [3.05, 3.63) is 16.7 Å². The first-order valence-electron chi connectivity index (χ1n) is 17.3. The van der Waals surface area contributed by atoms with E-state index in [1.165, 1.54) is 10.9 Å². The molecule has 27 heteroatoms. The van der Waals surface area contributed by atoms with E-state index >= 15 is 0 Å². The third kappa shape index (κ3) is 8.59. The quantitative estimate of drug-likeness (QED) is 0.0885. The summed E-state index contributed by atoms with van der Waals surface area (Å²) in [5, 5.41) is 74.1. The maximum atomic E-state index is 13.1. The van der Waals surface area contributed by atoms with E-state index in [1.54, 1.807) is 0 Å². The van der Waals surface area contributed by atoms with Crippen LogP contribution >= 0.6 is 7.82 Å². The lowest BCUT2D eigenvalue weighted by Crippen LogP contribution is -2.68. The van der Waals surface area contributed by atoms with Crippen LogP contribution in [-0.4, -0.2) is 184 Å². The molecule has 26 nitrogen and oxygen atoms in total. The maximum absolute atomic E-state index is 13.1. The number of H-pyrrole nitrogens is 1. The Labute approximate surface area is 310 Å². The van der Waals surface area contributed by atoms with Gasteiger partial charge in [0.15, 0.2) is 23.7 Å². The van der Waals surface area contributed by atoms with E-state index in [9.17, 15) is 50.0 Å². The molecule has 312 valence electrons. The molecule has 0 radical (unpaired) electrons. The summed E-state index contributed by atoms with van der Waals surface area (Å²) in [5.41, 5.74) is 29.2.